The summed E-state index contributed by atoms with van der Waals surface area (Å²) in [6.07, 6.45) is 5.38. The molecule has 1 fully saturated rings. The van der Waals surface area contributed by atoms with Crippen LogP contribution in [0.5, 0.6) is 0 Å². The van der Waals surface area contributed by atoms with E-state index in [1.54, 1.807) is 12.4 Å². The van der Waals surface area contributed by atoms with E-state index < -0.39 is 0 Å². The van der Waals surface area contributed by atoms with Crippen molar-refractivity contribution in [2.24, 2.45) is 0 Å². The molecule has 0 N–H and O–H groups in total. The highest BCUT2D eigenvalue weighted by molar-refractivity contribution is 5.79. The van der Waals surface area contributed by atoms with E-state index in [0.717, 1.165) is 36.2 Å². The van der Waals surface area contributed by atoms with Crippen LogP contribution in [0.1, 0.15) is 35.7 Å². The summed E-state index contributed by atoms with van der Waals surface area (Å²) in [5.41, 5.74) is 2.40. The molecule has 0 spiro atoms. The van der Waals surface area contributed by atoms with E-state index in [1.807, 2.05) is 30.9 Å². The number of amides is 1. The highest BCUT2D eigenvalue weighted by Gasteiger charge is 2.26. The van der Waals surface area contributed by atoms with Gasteiger partial charge in [-0.3, -0.25) is 9.78 Å². The number of hydrogen-bond donors (Lipinski definition) is 0. The Kier molecular flexibility index (Phi) is 5.66. The van der Waals surface area contributed by atoms with E-state index in [1.165, 1.54) is 0 Å². The Labute approximate surface area is 168 Å². The number of likely N-dealkylation sites (tertiary alicyclic amines) is 1. The lowest BCUT2D eigenvalue weighted by Crippen LogP contribution is -2.44. The summed E-state index contributed by atoms with van der Waals surface area (Å²) in [6.45, 7) is 5.20. The molecule has 1 aliphatic heterocycles. The first kappa shape index (κ1) is 19.3. The zero-order chi connectivity index (χ0) is 20.2. The van der Waals surface area contributed by atoms with Gasteiger partial charge in [0.2, 0.25) is 5.91 Å². The largest absolute Gasteiger partial charge is 0.368 e. The van der Waals surface area contributed by atoms with Crippen LogP contribution in [0.3, 0.4) is 0 Å². The molecule has 0 aliphatic carbocycles. The monoisotopic (exact) mass is 397 g/mol. The lowest BCUT2D eigenvalue weighted by Gasteiger charge is -2.32. The van der Waals surface area contributed by atoms with Crippen LogP contribution >= 0.6 is 0 Å². The van der Waals surface area contributed by atoms with E-state index in [-0.39, 0.29) is 18.6 Å². The summed E-state index contributed by atoms with van der Waals surface area (Å²) in [4.78, 5) is 22.9. The second kappa shape index (κ2) is 8.52. The molecule has 9 nitrogen and oxygen atoms in total. The molecule has 0 radical (unpaired) electrons. The van der Waals surface area contributed by atoms with Crippen molar-refractivity contribution in [1.82, 2.24) is 25.2 Å². The van der Waals surface area contributed by atoms with Gasteiger partial charge in [-0.25, -0.2) is 0 Å². The number of pyridine rings is 1. The van der Waals surface area contributed by atoms with Crippen molar-refractivity contribution < 1.29 is 18.6 Å². The van der Waals surface area contributed by atoms with Crippen LogP contribution in [0, 0.1) is 13.8 Å². The second-order valence-corrected chi connectivity index (χ2v) is 7.15. The van der Waals surface area contributed by atoms with Crippen LogP contribution in [-0.2, 0) is 22.6 Å². The fourth-order valence-corrected chi connectivity index (χ4v) is 3.43. The molecule has 4 rings (SSSR count). The second-order valence-electron chi connectivity index (χ2n) is 7.15. The van der Waals surface area contributed by atoms with Crippen LogP contribution in [0.2, 0.25) is 0 Å². The molecule has 3 aromatic rings. The first-order chi connectivity index (χ1) is 14.1. The van der Waals surface area contributed by atoms with Crippen LogP contribution in [0.25, 0.3) is 11.5 Å². The van der Waals surface area contributed by atoms with Gasteiger partial charge in [-0.2, -0.15) is 4.98 Å². The molecule has 0 aromatic carbocycles. The number of carbonyl (C=O) groups is 1. The van der Waals surface area contributed by atoms with Gasteiger partial charge in [0.05, 0.1) is 23.8 Å². The van der Waals surface area contributed by atoms with Gasteiger partial charge in [-0.05, 0) is 38.8 Å². The summed E-state index contributed by atoms with van der Waals surface area (Å²) in [5, 5.41) is 7.88. The third-order valence-electron chi connectivity index (χ3n) is 5.06. The number of ether oxygens (including phenoxy) is 1. The lowest BCUT2D eigenvalue weighted by atomic mass is 10.1. The Hall–Kier alpha value is -3.07. The lowest BCUT2D eigenvalue weighted by molar-refractivity contribution is -0.135. The van der Waals surface area contributed by atoms with E-state index in [4.69, 9.17) is 13.8 Å². The Morgan fingerprint density at radius 2 is 2.21 bits per heavy atom. The van der Waals surface area contributed by atoms with Crippen LogP contribution in [-0.4, -0.2) is 50.3 Å². The predicted octanol–water partition coefficient (Wildman–Crippen LogP) is 2.49. The van der Waals surface area contributed by atoms with Gasteiger partial charge in [0, 0.05) is 31.0 Å². The first-order valence-electron chi connectivity index (χ1n) is 9.64. The van der Waals surface area contributed by atoms with Crippen molar-refractivity contribution in [3.63, 3.8) is 0 Å². The van der Waals surface area contributed by atoms with Gasteiger partial charge in [0.25, 0.3) is 5.89 Å². The standard InChI is InChI=1S/C20H23N5O4/c1-13-17(14(2)28-23-13)9-19(26)25-8-4-6-16(11-25)27-12-18-22-20(29-24-18)15-5-3-7-21-10-15/h3,5,7,10,16H,4,6,8-9,11-12H2,1-2H3. The van der Waals surface area contributed by atoms with E-state index in [0.29, 0.717) is 30.4 Å². The third kappa shape index (κ3) is 4.51. The molecule has 152 valence electrons. The molecular formula is C20H23N5O4. The average molecular weight is 397 g/mol. The molecule has 3 aromatic heterocycles. The zero-order valence-electron chi connectivity index (χ0n) is 16.5. The predicted molar refractivity (Wildman–Crippen MR) is 102 cm³/mol. The molecule has 1 saturated heterocycles. The number of aromatic nitrogens is 4. The highest BCUT2D eigenvalue weighted by Crippen LogP contribution is 2.20. The molecular weight excluding hydrogens is 374 g/mol. The van der Waals surface area contributed by atoms with Gasteiger partial charge >= 0.3 is 0 Å². The van der Waals surface area contributed by atoms with E-state index in [9.17, 15) is 4.79 Å². The van der Waals surface area contributed by atoms with Crippen molar-refractivity contribution in [1.29, 1.82) is 0 Å². The molecule has 29 heavy (non-hydrogen) atoms. The van der Waals surface area contributed by atoms with Crippen molar-refractivity contribution in [3.8, 4) is 11.5 Å². The SMILES string of the molecule is Cc1noc(C)c1CC(=O)N1CCCC(OCc2noc(-c3cccnc3)n2)C1. The molecule has 4 heterocycles. The molecule has 0 saturated carbocycles. The minimum Gasteiger partial charge on any atom is -0.368 e. The summed E-state index contributed by atoms with van der Waals surface area (Å²) in [6, 6.07) is 3.67. The van der Waals surface area contributed by atoms with Gasteiger partial charge in [-0.1, -0.05) is 10.3 Å². The molecule has 0 bridgehead atoms. The molecule has 1 atom stereocenters. The number of carbonyl (C=O) groups excluding carboxylic acids is 1. The van der Waals surface area contributed by atoms with Crippen LogP contribution in [0.15, 0.2) is 33.6 Å². The quantitative estimate of drug-likeness (QED) is 0.624. The average Bonchev–Trinajstić information content (AvgIpc) is 3.35. The number of rotatable bonds is 6. The first-order valence-corrected chi connectivity index (χ1v) is 9.64. The number of piperidine rings is 1. The minimum absolute atomic E-state index is 0.0577. The van der Waals surface area contributed by atoms with E-state index >= 15 is 0 Å². The topological polar surface area (TPSA) is 107 Å². The van der Waals surface area contributed by atoms with Crippen molar-refractivity contribution >= 4 is 5.91 Å². The highest BCUT2D eigenvalue weighted by atomic mass is 16.5. The summed E-state index contributed by atoms with van der Waals surface area (Å²) < 4.78 is 16.4. The van der Waals surface area contributed by atoms with Crippen molar-refractivity contribution in [2.45, 2.75) is 45.8 Å². The minimum atomic E-state index is -0.0577. The Balaban J connectivity index is 1.31. The summed E-state index contributed by atoms with van der Waals surface area (Å²) in [5.74, 6) is 1.65. The Morgan fingerprint density at radius 3 is 2.97 bits per heavy atom. The Bertz CT molecular complexity index is 949. The molecule has 1 amide bonds. The van der Waals surface area contributed by atoms with Gasteiger partial charge in [0.1, 0.15) is 12.4 Å². The number of nitrogens with zero attached hydrogens (tertiary/aromatic N) is 5. The summed E-state index contributed by atoms with van der Waals surface area (Å²) >= 11 is 0. The number of hydrogen-bond acceptors (Lipinski definition) is 8. The van der Waals surface area contributed by atoms with Crippen LogP contribution in [0.4, 0.5) is 0 Å². The normalized spacial score (nSPS) is 16.9. The van der Waals surface area contributed by atoms with E-state index in [2.05, 4.69) is 20.3 Å². The fraction of sp³-hybridized carbons (Fsp3) is 0.450. The molecule has 9 heteroatoms. The smallest absolute Gasteiger partial charge is 0.259 e. The maximum atomic E-state index is 12.7. The third-order valence-corrected chi connectivity index (χ3v) is 5.06. The fourth-order valence-electron chi connectivity index (χ4n) is 3.43. The molecule has 1 unspecified atom stereocenters. The summed E-state index contributed by atoms with van der Waals surface area (Å²) in [7, 11) is 0. The van der Waals surface area contributed by atoms with Crippen molar-refractivity contribution in [3.05, 3.63) is 47.4 Å². The van der Waals surface area contributed by atoms with Gasteiger partial charge in [0.15, 0.2) is 5.82 Å². The zero-order valence-corrected chi connectivity index (χ0v) is 16.5. The van der Waals surface area contributed by atoms with Crippen LogP contribution < -0.4 is 0 Å². The maximum absolute atomic E-state index is 12.7. The maximum Gasteiger partial charge on any atom is 0.259 e. The number of aryl methyl sites for hydroxylation is 2. The molecule has 1 aliphatic rings. The van der Waals surface area contributed by atoms with Gasteiger partial charge in [-0.15, -0.1) is 0 Å². The van der Waals surface area contributed by atoms with Crippen molar-refractivity contribution in [2.75, 3.05) is 13.1 Å². The Morgan fingerprint density at radius 1 is 1.31 bits per heavy atom. The van der Waals surface area contributed by atoms with Gasteiger partial charge < -0.3 is 18.7 Å².